The highest BCUT2D eigenvalue weighted by molar-refractivity contribution is 7.89. The van der Waals surface area contributed by atoms with E-state index in [0.717, 1.165) is 11.3 Å². The average molecular weight is 360 g/mol. The van der Waals surface area contributed by atoms with Crippen molar-refractivity contribution < 1.29 is 17.9 Å². The number of sulfonamides is 1. The third-order valence-corrected chi connectivity index (χ3v) is 5.70. The minimum Gasteiger partial charge on any atom is -0.497 e. The lowest BCUT2D eigenvalue weighted by atomic mass is 10.2. The van der Waals surface area contributed by atoms with Gasteiger partial charge in [0.05, 0.1) is 12.0 Å². The Bertz CT molecular complexity index is 861. The van der Waals surface area contributed by atoms with Crippen molar-refractivity contribution in [1.82, 2.24) is 4.72 Å². The van der Waals surface area contributed by atoms with Crippen molar-refractivity contribution in [2.24, 2.45) is 0 Å². The number of aryl methyl sites for hydroxylation is 1. The first-order valence-corrected chi connectivity index (χ1v) is 9.41. The van der Waals surface area contributed by atoms with Gasteiger partial charge in [-0.2, -0.15) is 0 Å². The molecule has 6 nitrogen and oxygen atoms in total. The fourth-order valence-corrected chi connectivity index (χ4v) is 4.03. The molecule has 1 fully saturated rings. The van der Waals surface area contributed by atoms with Crippen LogP contribution in [0.3, 0.4) is 0 Å². The third-order valence-electron chi connectivity index (χ3n) is 4.16. The van der Waals surface area contributed by atoms with Crippen LogP contribution in [0.25, 0.3) is 0 Å². The SMILES string of the molecule is COc1ccc(N2C[C@@H](NS(=O)(=O)c3ccc(C)cc3)CC2=O)cc1. The van der Waals surface area contributed by atoms with Crippen LogP contribution in [0.2, 0.25) is 0 Å². The van der Waals surface area contributed by atoms with Crippen LogP contribution >= 0.6 is 0 Å². The Morgan fingerprint density at radius 3 is 2.32 bits per heavy atom. The van der Waals surface area contributed by atoms with Gasteiger partial charge in [-0.05, 0) is 43.3 Å². The summed E-state index contributed by atoms with van der Waals surface area (Å²) in [5.41, 5.74) is 1.71. The van der Waals surface area contributed by atoms with Crippen LogP contribution in [0.1, 0.15) is 12.0 Å². The fourth-order valence-electron chi connectivity index (χ4n) is 2.80. The molecule has 3 rings (SSSR count). The van der Waals surface area contributed by atoms with Crippen molar-refractivity contribution >= 4 is 21.6 Å². The smallest absolute Gasteiger partial charge is 0.240 e. The van der Waals surface area contributed by atoms with E-state index in [0.29, 0.717) is 12.3 Å². The van der Waals surface area contributed by atoms with Crippen molar-refractivity contribution in [3.63, 3.8) is 0 Å². The Kier molecular flexibility index (Phi) is 4.78. The molecule has 0 spiro atoms. The Balaban J connectivity index is 1.72. The molecule has 0 radical (unpaired) electrons. The molecule has 1 aliphatic rings. The highest BCUT2D eigenvalue weighted by atomic mass is 32.2. The van der Waals surface area contributed by atoms with Crippen LogP contribution < -0.4 is 14.4 Å². The molecule has 2 aromatic carbocycles. The molecule has 1 atom stereocenters. The van der Waals surface area contributed by atoms with E-state index in [1.807, 2.05) is 6.92 Å². The number of ether oxygens (including phenoxy) is 1. The van der Waals surface area contributed by atoms with Crippen LogP contribution in [0, 0.1) is 6.92 Å². The van der Waals surface area contributed by atoms with E-state index in [1.54, 1.807) is 60.5 Å². The third kappa shape index (κ3) is 3.83. The molecule has 1 amide bonds. The maximum Gasteiger partial charge on any atom is 0.240 e. The maximum atomic E-state index is 12.5. The summed E-state index contributed by atoms with van der Waals surface area (Å²) >= 11 is 0. The number of nitrogens with one attached hydrogen (secondary N) is 1. The molecule has 0 aromatic heterocycles. The van der Waals surface area contributed by atoms with Crippen LogP contribution in [-0.2, 0) is 14.8 Å². The molecule has 25 heavy (non-hydrogen) atoms. The van der Waals surface area contributed by atoms with Crippen LogP contribution in [0.4, 0.5) is 5.69 Å². The van der Waals surface area contributed by atoms with Gasteiger partial charge in [-0.3, -0.25) is 4.79 Å². The normalized spacial score (nSPS) is 17.8. The lowest BCUT2D eigenvalue weighted by molar-refractivity contribution is -0.117. The monoisotopic (exact) mass is 360 g/mol. The fraction of sp³-hybridized carbons (Fsp3) is 0.278. The number of benzene rings is 2. The average Bonchev–Trinajstić information content (AvgIpc) is 2.95. The van der Waals surface area contributed by atoms with Gasteiger partial charge in [0, 0.05) is 24.7 Å². The standard InChI is InChI=1S/C18H20N2O4S/c1-13-3-9-17(10-4-13)25(22,23)19-14-11-18(21)20(12-14)15-5-7-16(24-2)8-6-15/h3-10,14,19H,11-12H2,1-2H3/t14-/m0/s1. The van der Waals surface area contributed by atoms with Gasteiger partial charge in [0.15, 0.2) is 0 Å². The molecule has 1 saturated heterocycles. The van der Waals surface area contributed by atoms with Crippen molar-refractivity contribution in [1.29, 1.82) is 0 Å². The number of amides is 1. The van der Waals surface area contributed by atoms with E-state index in [4.69, 9.17) is 4.74 Å². The maximum absolute atomic E-state index is 12.5. The van der Waals surface area contributed by atoms with Gasteiger partial charge in [0.25, 0.3) is 0 Å². The lowest BCUT2D eigenvalue weighted by Gasteiger charge is -2.17. The van der Waals surface area contributed by atoms with E-state index >= 15 is 0 Å². The largest absolute Gasteiger partial charge is 0.497 e. The second-order valence-corrected chi connectivity index (χ2v) is 7.75. The molecule has 1 aliphatic heterocycles. The van der Waals surface area contributed by atoms with E-state index < -0.39 is 16.1 Å². The zero-order chi connectivity index (χ0) is 18.0. The molecule has 0 unspecified atom stereocenters. The summed E-state index contributed by atoms with van der Waals surface area (Å²) in [6, 6.07) is 13.3. The minimum atomic E-state index is -3.65. The minimum absolute atomic E-state index is 0.109. The number of anilines is 1. The molecule has 1 N–H and O–H groups in total. The molecule has 132 valence electrons. The van der Waals surface area contributed by atoms with E-state index in [-0.39, 0.29) is 17.2 Å². The Morgan fingerprint density at radius 2 is 1.72 bits per heavy atom. The van der Waals surface area contributed by atoms with Gasteiger partial charge in [-0.1, -0.05) is 17.7 Å². The summed E-state index contributed by atoms with van der Waals surface area (Å²) in [5.74, 6) is 0.591. The topological polar surface area (TPSA) is 75.7 Å². The second-order valence-electron chi connectivity index (χ2n) is 6.04. The van der Waals surface area contributed by atoms with Crippen LogP contribution in [-0.4, -0.2) is 34.0 Å². The quantitative estimate of drug-likeness (QED) is 0.886. The van der Waals surface area contributed by atoms with Gasteiger partial charge in [-0.15, -0.1) is 0 Å². The van der Waals surface area contributed by atoms with Crippen LogP contribution in [0.15, 0.2) is 53.4 Å². The van der Waals surface area contributed by atoms with Gasteiger partial charge in [0.2, 0.25) is 15.9 Å². The predicted molar refractivity (Wildman–Crippen MR) is 95.3 cm³/mol. The van der Waals surface area contributed by atoms with Gasteiger partial charge in [-0.25, -0.2) is 13.1 Å². The summed E-state index contributed by atoms with van der Waals surface area (Å²) in [6.07, 6.45) is 0.136. The summed E-state index contributed by atoms with van der Waals surface area (Å²) in [4.78, 5) is 14.1. The first kappa shape index (κ1) is 17.4. The number of carbonyl (C=O) groups excluding carboxylic acids is 1. The summed E-state index contributed by atoms with van der Waals surface area (Å²) in [6.45, 7) is 2.20. The lowest BCUT2D eigenvalue weighted by Crippen LogP contribution is -2.37. The second kappa shape index (κ2) is 6.85. The molecular formula is C18H20N2O4S. The molecule has 1 heterocycles. The van der Waals surface area contributed by atoms with Crippen LogP contribution in [0.5, 0.6) is 5.75 Å². The number of carbonyl (C=O) groups is 1. The van der Waals surface area contributed by atoms with E-state index in [1.165, 1.54) is 0 Å². The Hall–Kier alpha value is -2.38. The molecule has 0 aliphatic carbocycles. The molecule has 7 heteroatoms. The Morgan fingerprint density at radius 1 is 1.08 bits per heavy atom. The molecule has 2 aromatic rings. The van der Waals surface area contributed by atoms with Gasteiger partial charge >= 0.3 is 0 Å². The zero-order valence-corrected chi connectivity index (χ0v) is 14.9. The number of nitrogens with zero attached hydrogens (tertiary/aromatic N) is 1. The molecule has 0 saturated carbocycles. The molecular weight excluding hydrogens is 340 g/mol. The number of rotatable bonds is 5. The van der Waals surface area contributed by atoms with E-state index in [9.17, 15) is 13.2 Å². The number of hydrogen-bond acceptors (Lipinski definition) is 4. The highest BCUT2D eigenvalue weighted by Crippen LogP contribution is 2.25. The Labute approximate surface area is 147 Å². The van der Waals surface area contributed by atoms with Gasteiger partial charge < -0.3 is 9.64 Å². The zero-order valence-electron chi connectivity index (χ0n) is 14.1. The number of methoxy groups -OCH3 is 1. The predicted octanol–water partition coefficient (Wildman–Crippen LogP) is 2.09. The summed E-state index contributed by atoms with van der Waals surface area (Å²) in [7, 11) is -2.07. The van der Waals surface area contributed by atoms with Crippen molar-refractivity contribution in [2.45, 2.75) is 24.3 Å². The van der Waals surface area contributed by atoms with E-state index in [2.05, 4.69) is 4.72 Å². The first-order chi connectivity index (χ1) is 11.9. The van der Waals surface area contributed by atoms with Gasteiger partial charge in [0.1, 0.15) is 5.75 Å². The highest BCUT2D eigenvalue weighted by Gasteiger charge is 2.33. The number of hydrogen-bond donors (Lipinski definition) is 1. The van der Waals surface area contributed by atoms with Crippen molar-refractivity contribution in [3.05, 3.63) is 54.1 Å². The van der Waals surface area contributed by atoms with Crippen molar-refractivity contribution in [2.75, 3.05) is 18.6 Å². The molecule has 0 bridgehead atoms. The first-order valence-electron chi connectivity index (χ1n) is 7.92. The van der Waals surface area contributed by atoms with Crippen molar-refractivity contribution in [3.8, 4) is 5.75 Å². The summed E-state index contributed by atoms with van der Waals surface area (Å²) < 4.78 is 32.7. The summed E-state index contributed by atoms with van der Waals surface area (Å²) in [5, 5.41) is 0.